The highest BCUT2D eigenvalue weighted by Crippen LogP contribution is 2.18. The van der Waals surface area contributed by atoms with E-state index in [1.54, 1.807) is 0 Å². The normalized spacial score (nSPS) is 18.8. The van der Waals surface area contributed by atoms with Crippen LogP contribution in [0.2, 0.25) is 0 Å². The smallest absolute Gasteiger partial charge is 0.238 e. The second-order valence-electron chi connectivity index (χ2n) is 6.28. The molecule has 2 rings (SSSR count). The van der Waals surface area contributed by atoms with E-state index in [1.807, 2.05) is 19.1 Å². The van der Waals surface area contributed by atoms with Crippen molar-refractivity contribution in [3.63, 3.8) is 0 Å². The topological polar surface area (TPSA) is 44.4 Å². The monoisotopic (exact) mass is 275 g/mol. The number of piperazine rings is 1. The number of nitrogens with one attached hydrogen (secondary N) is 2. The molecule has 4 nitrogen and oxygen atoms in total. The number of anilines is 1. The molecule has 1 saturated heterocycles. The maximum atomic E-state index is 12.2. The van der Waals surface area contributed by atoms with Gasteiger partial charge in [-0.3, -0.25) is 9.69 Å². The molecule has 0 aliphatic carbocycles. The lowest BCUT2D eigenvalue weighted by molar-refractivity contribution is -0.119. The quantitative estimate of drug-likeness (QED) is 0.886. The molecule has 4 heteroatoms. The van der Waals surface area contributed by atoms with E-state index >= 15 is 0 Å². The molecule has 1 aliphatic rings. The van der Waals surface area contributed by atoms with Crippen LogP contribution in [0.1, 0.15) is 25.0 Å². The molecule has 1 aromatic carbocycles. The summed E-state index contributed by atoms with van der Waals surface area (Å²) in [5, 5.41) is 6.39. The summed E-state index contributed by atoms with van der Waals surface area (Å²) in [4.78, 5) is 14.5. The van der Waals surface area contributed by atoms with Crippen LogP contribution in [0, 0.1) is 13.8 Å². The van der Waals surface area contributed by atoms with Crippen molar-refractivity contribution in [1.29, 1.82) is 0 Å². The second kappa shape index (κ2) is 5.94. The standard InChI is InChI=1S/C16H25N3O/c1-12-5-6-14(13(2)9-12)18-15(20)10-19-8-7-17-11-16(19,3)4/h5-6,9,17H,7-8,10-11H2,1-4H3,(H,18,20). The Morgan fingerprint density at radius 1 is 1.40 bits per heavy atom. The Morgan fingerprint density at radius 2 is 2.15 bits per heavy atom. The number of carbonyl (C=O) groups is 1. The summed E-state index contributed by atoms with van der Waals surface area (Å²) in [6, 6.07) is 6.09. The van der Waals surface area contributed by atoms with Gasteiger partial charge in [0.2, 0.25) is 5.91 Å². The average molecular weight is 275 g/mol. The summed E-state index contributed by atoms with van der Waals surface area (Å²) in [5.74, 6) is 0.0620. The molecule has 0 atom stereocenters. The molecule has 0 radical (unpaired) electrons. The summed E-state index contributed by atoms with van der Waals surface area (Å²) in [6.45, 7) is 11.6. The van der Waals surface area contributed by atoms with E-state index in [0.29, 0.717) is 6.54 Å². The predicted molar refractivity (Wildman–Crippen MR) is 83.1 cm³/mol. The molecule has 2 N–H and O–H groups in total. The third-order valence-electron chi connectivity index (χ3n) is 3.96. The Balaban J connectivity index is 1.98. The number of hydrogen-bond donors (Lipinski definition) is 2. The van der Waals surface area contributed by atoms with Gasteiger partial charge in [0.15, 0.2) is 0 Å². The van der Waals surface area contributed by atoms with Gasteiger partial charge in [-0.05, 0) is 39.3 Å². The van der Waals surface area contributed by atoms with E-state index in [4.69, 9.17) is 0 Å². The van der Waals surface area contributed by atoms with Crippen molar-refractivity contribution < 1.29 is 4.79 Å². The highest BCUT2D eigenvalue weighted by Gasteiger charge is 2.30. The summed E-state index contributed by atoms with van der Waals surface area (Å²) in [5.41, 5.74) is 3.26. The molecule has 0 bridgehead atoms. The van der Waals surface area contributed by atoms with Crippen LogP contribution in [0.3, 0.4) is 0 Å². The maximum Gasteiger partial charge on any atom is 0.238 e. The molecular weight excluding hydrogens is 250 g/mol. The van der Waals surface area contributed by atoms with Crippen molar-refractivity contribution in [3.8, 4) is 0 Å². The van der Waals surface area contributed by atoms with E-state index in [9.17, 15) is 4.79 Å². The van der Waals surface area contributed by atoms with Gasteiger partial charge in [-0.1, -0.05) is 17.7 Å². The molecule has 1 aromatic rings. The molecule has 110 valence electrons. The molecule has 0 spiro atoms. The molecule has 1 amide bonds. The Labute approximate surface area is 121 Å². The lowest BCUT2D eigenvalue weighted by atomic mass is 10.0. The SMILES string of the molecule is Cc1ccc(NC(=O)CN2CCNCC2(C)C)c(C)c1. The highest BCUT2D eigenvalue weighted by atomic mass is 16.2. The molecular formula is C16H25N3O. The molecule has 0 saturated carbocycles. The van der Waals surface area contributed by atoms with Gasteiger partial charge in [-0.25, -0.2) is 0 Å². The third kappa shape index (κ3) is 3.58. The summed E-state index contributed by atoms with van der Waals surface area (Å²) < 4.78 is 0. The minimum atomic E-state index is 0.0257. The van der Waals surface area contributed by atoms with E-state index in [1.165, 1.54) is 5.56 Å². The summed E-state index contributed by atoms with van der Waals surface area (Å²) in [6.07, 6.45) is 0. The Kier molecular flexibility index (Phi) is 4.45. The fraction of sp³-hybridized carbons (Fsp3) is 0.562. The number of carbonyl (C=O) groups excluding carboxylic acids is 1. The minimum Gasteiger partial charge on any atom is -0.325 e. The summed E-state index contributed by atoms with van der Waals surface area (Å²) >= 11 is 0. The summed E-state index contributed by atoms with van der Waals surface area (Å²) in [7, 11) is 0. The van der Waals surface area contributed by atoms with E-state index in [2.05, 4.69) is 42.4 Å². The Morgan fingerprint density at radius 3 is 2.80 bits per heavy atom. The van der Waals surface area contributed by atoms with Gasteiger partial charge in [0.1, 0.15) is 0 Å². The maximum absolute atomic E-state index is 12.2. The van der Waals surface area contributed by atoms with Crippen molar-refractivity contribution in [3.05, 3.63) is 29.3 Å². The lowest BCUT2D eigenvalue weighted by Crippen LogP contribution is -2.59. The fourth-order valence-electron chi connectivity index (χ4n) is 2.63. The predicted octanol–water partition coefficient (Wildman–Crippen LogP) is 1.93. The number of hydrogen-bond acceptors (Lipinski definition) is 3. The first kappa shape index (κ1) is 15.0. The van der Waals surface area contributed by atoms with Crippen LogP contribution in [-0.2, 0) is 4.79 Å². The third-order valence-corrected chi connectivity index (χ3v) is 3.96. The molecule has 0 aromatic heterocycles. The largest absolute Gasteiger partial charge is 0.325 e. The van der Waals surface area contributed by atoms with Gasteiger partial charge >= 0.3 is 0 Å². The first-order chi connectivity index (χ1) is 9.38. The van der Waals surface area contributed by atoms with Gasteiger partial charge in [0.05, 0.1) is 6.54 Å². The van der Waals surface area contributed by atoms with E-state index in [-0.39, 0.29) is 11.4 Å². The van der Waals surface area contributed by atoms with Crippen molar-refractivity contribution in [2.24, 2.45) is 0 Å². The number of benzene rings is 1. The van der Waals surface area contributed by atoms with Crippen LogP contribution in [0.25, 0.3) is 0 Å². The van der Waals surface area contributed by atoms with Crippen molar-refractivity contribution in [2.75, 3.05) is 31.5 Å². The van der Waals surface area contributed by atoms with Crippen molar-refractivity contribution in [2.45, 2.75) is 33.2 Å². The van der Waals surface area contributed by atoms with Crippen LogP contribution in [0.5, 0.6) is 0 Å². The van der Waals surface area contributed by atoms with Crippen molar-refractivity contribution in [1.82, 2.24) is 10.2 Å². The van der Waals surface area contributed by atoms with Gasteiger partial charge in [-0.15, -0.1) is 0 Å². The number of rotatable bonds is 3. The first-order valence-electron chi connectivity index (χ1n) is 7.21. The Bertz CT molecular complexity index is 496. The van der Waals surface area contributed by atoms with Gasteiger partial charge in [0.25, 0.3) is 0 Å². The van der Waals surface area contributed by atoms with Crippen LogP contribution < -0.4 is 10.6 Å². The number of aryl methyl sites for hydroxylation is 2. The zero-order chi connectivity index (χ0) is 14.8. The molecule has 1 aliphatic heterocycles. The lowest BCUT2D eigenvalue weighted by Gasteiger charge is -2.42. The van der Waals surface area contributed by atoms with Crippen molar-refractivity contribution >= 4 is 11.6 Å². The van der Waals surface area contributed by atoms with Crippen LogP contribution in [-0.4, -0.2) is 42.5 Å². The van der Waals surface area contributed by atoms with E-state index in [0.717, 1.165) is 30.9 Å². The highest BCUT2D eigenvalue weighted by molar-refractivity contribution is 5.93. The zero-order valence-corrected chi connectivity index (χ0v) is 12.9. The minimum absolute atomic E-state index is 0.0257. The Hall–Kier alpha value is -1.39. The van der Waals surface area contributed by atoms with E-state index < -0.39 is 0 Å². The molecule has 0 unspecified atom stereocenters. The molecule has 1 fully saturated rings. The van der Waals surface area contributed by atoms with Gasteiger partial charge < -0.3 is 10.6 Å². The fourth-order valence-corrected chi connectivity index (χ4v) is 2.63. The van der Waals surface area contributed by atoms with Gasteiger partial charge in [0, 0.05) is 30.9 Å². The second-order valence-corrected chi connectivity index (χ2v) is 6.28. The number of nitrogens with zero attached hydrogens (tertiary/aromatic N) is 1. The van der Waals surface area contributed by atoms with Crippen LogP contribution in [0.4, 0.5) is 5.69 Å². The van der Waals surface area contributed by atoms with Crippen LogP contribution in [0.15, 0.2) is 18.2 Å². The number of amides is 1. The molecule has 1 heterocycles. The van der Waals surface area contributed by atoms with Gasteiger partial charge in [-0.2, -0.15) is 0 Å². The average Bonchev–Trinajstić information content (AvgIpc) is 2.35. The van der Waals surface area contributed by atoms with Crippen LogP contribution >= 0.6 is 0 Å². The first-order valence-corrected chi connectivity index (χ1v) is 7.21. The molecule has 20 heavy (non-hydrogen) atoms. The zero-order valence-electron chi connectivity index (χ0n) is 12.9.